The highest BCUT2D eigenvalue weighted by atomic mass is 32.2. The van der Waals surface area contributed by atoms with Crippen LogP contribution in [0.15, 0.2) is 34.7 Å². The summed E-state index contributed by atoms with van der Waals surface area (Å²) in [5.74, 6) is 1.21. The highest BCUT2D eigenvalue weighted by Gasteiger charge is 2.16. The molecule has 1 aromatic carbocycles. The zero-order chi connectivity index (χ0) is 17.7. The monoisotopic (exact) mass is 347 g/mol. The van der Waals surface area contributed by atoms with Crippen LogP contribution in [0, 0.1) is 6.92 Å². The van der Waals surface area contributed by atoms with Crippen LogP contribution in [0.2, 0.25) is 0 Å². The van der Waals surface area contributed by atoms with Crippen molar-refractivity contribution in [3.63, 3.8) is 0 Å². The smallest absolute Gasteiger partial charge is 0.313 e. The van der Waals surface area contributed by atoms with Gasteiger partial charge in [0.05, 0.1) is 11.3 Å². The minimum Gasteiger partial charge on any atom is -0.481 e. The Hall–Kier alpha value is -2.21. The van der Waals surface area contributed by atoms with E-state index in [2.05, 4.69) is 5.32 Å². The van der Waals surface area contributed by atoms with E-state index in [1.165, 1.54) is 11.8 Å². The van der Waals surface area contributed by atoms with Gasteiger partial charge < -0.3 is 14.8 Å². The van der Waals surface area contributed by atoms with Gasteiger partial charge in [0.1, 0.15) is 11.5 Å². The van der Waals surface area contributed by atoms with E-state index < -0.39 is 5.97 Å². The van der Waals surface area contributed by atoms with Gasteiger partial charge in [0.15, 0.2) is 0 Å². The van der Waals surface area contributed by atoms with Crippen molar-refractivity contribution >= 4 is 29.3 Å². The molecule has 0 bridgehead atoms. The molecule has 2 aromatic rings. The number of amides is 1. The van der Waals surface area contributed by atoms with E-state index in [-0.39, 0.29) is 17.6 Å². The second-order valence-corrected chi connectivity index (χ2v) is 6.80. The number of hydrogen-bond acceptors (Lipinski definition) is 4. The average molecular weight is 347 g/mol. The molecular weight excluding hydrogens is 326 g/mol. The number of thioether (sulfide) groups is 1. The largest absolute Gasteiger partial charge is 0.481 e. The van der Waals surface area contributed by atoms with Crippen molar-refractivity contribution in [1.29, 1.82) is 0 Å². The number of aryl methyl sites for hydroxylation is 1. The van der Waals surface area contributed by atoms with E-state index in [1.807, 2.05) is 38.1 Å². The van der Waals surface area contributed by atoms with Gasteiger partial charge in [-0.25, -0.2) is 0 Å². The van der Waals surface area contributed by atoms with E-state index in [4.69, 9.17) is 9.52 Å². The van der Waals surface area contributed by atoms with E-state index in [0.29, 0.717) is 22.8 Å². The average Bonchev–Trinajstić information content (AvgIpc) is 2.89. The number of carbonyl (C=O) groups is 2. The molecule has 0 saturated carbocycles. The predicted octanol–water partition coefficient (Wildman–Crippen LogP) is 4.28. The summed E-state index contributed by atoms with van der Waals surface area (Å²) < 4.78 is 5.61. The van der Waals surface area contributed by atoms with E-state index in [9.17, 15) is 9.59 Å². The number of nitrogens with one attached hydrogen (secondary N) is 1. The summed E-state index contributed by atoms with van der Waals surface area (Å²) in [6.45, 7) is 5.80. The molecule has 0 saturated heterocycles. The Morgan fingerprint density at radius 1 is 1.29 bits per heavy atom. The van der Waals surface area contributed by atoms with Gasteiger partial charge in [-0.15, -0.1) is 11.8 Å². The van der Waals surface area contributed by atoms with Gasteiger partial charge in [-0.05, 0) is 30.7 Å². The maximum Gasteiger partial charge on any atom is 0.313 e. The highest BCUT2D eigenvalue weighted by molar-refractivity contribution is 7.99. The van der Waals surface area contributed by atoms with Gasteiger partial charge >= 0.3 is 5.97 Å². The molecule has 0 radical (unpaired) electrons. The number of aliphatic carboxylic acids is 1. The van der Waals surface area contributed by atoms with Gasteiger partial charge in [-0.3, -0.25) is 9.59 Å². The van der Waals surface area contributed by atoms with Gasteiger partial charge in [0, 0.05) is 17.4 Å². The van der Waals surface area contributed by atoms with E-state index in [1.54, 1.807) is 13.0 Å². The summed E-state index contributed by atoms with van der Waals surface area (Å²) in [6, 6.07) is 9.19. The van der Waals surface area contributed by atoms with Crippen LogP contribution >= 0.6 is 11.8 Å². The molecular formula is C18H21NO4S. The van der Waals surface area contributed by atoms with Crippen LogP contribution in [0.1, 0.15) is 47.2 Å². The summed E-state index contributed by atoms with van der Waals surface area (Å²) >= 11 is 1.32. The first-order chi connectivity index (χ1) is 11.4. The number of furan rings is 1. The van der Waals surface area contributed by atoms with Gasteiger partial charge in [-0.1, -0.05) is 26.0 Å². The Kier molecular flexibility index (Phi) is 6.09. The normalized spacial score (nSPS) is 10.8. The molecule has 0 aliphatic heterocycles. The van der Waals surface area contributed by atoms with Crippen LogP contribution in [-0.4, -0.2) is 22.7 Å². The third-order valence-corrected chi connectivity index (χ3v) is 4.42. The molecule has 1 aromatic heterocycles. The fraction of sp³-hybridized carbons (Fsp3) is 0.333. The van der Waals surface area contributed by atoms with Crippen LogP contribution in [0.4, 0.5) is 5.69 Å². The van der Waals surface area contributed by atoms with Crippen molar-refractivity contribution in [2.24, 2.45) is 0 Å². The van der Waals surface area contributed by atoms with Crippen LogP contribution in [0.5, 0.6) is 0 Å². The zero-order valence-electron chi connectivity index (χ0n) is 14.0. The lowest BCUT2D eigenvalue weighted by atomic mass is 10.1. The molecule has 5 nitrogen and oxygen atoms in total. The lowest BCUT2D eigenvalue weighted by Crippen LogP contribution is -2.12. The fourth-order valence-corrected chi connectivity index (χ4v) is 2.90. The van der Waals surface area contributed by atoms with Crippen molar-refractivity contribution in [3.05, 3.63) is 53.0 Å². The molecule has 1 heterocycles. The summed E-state index contributed by atoms with van der Waals surface area (Å²) in [4.78, 5) is 23.0. The lowest BCUT2D eigenvalue weighted by molar-refractivity contribution is -0.133. The Labute approximate surface area is 145 Å². The van der Waals surface area contributed by atoms with Gasteiger partial charge in [-0.2, -0.15) is 0 Å². The first-order valence-electron chi connectivity index (χ1n) is 7.67. The third-order valence-electron chi connectivity index (χ3n) is 3.43. The zero-order valence-corrected chi connectivity index (χ0v) is 14.8. The number of carbonyl (C=O) groups excluding carboxylic acids is 1. The Morgan fingerprint density at radius 3 is 2.67 bits per heavy atom. The molecule has 24 heavy (non-hydrogen) atoms. The molecule has 0 unspecified atom stereocenters. The highest BCUT2D eigenvalue weighted by Crippen LogP contribution is 2.23. The maximum absolute atomic E-state index is 12.4. The molecule has 0 atom stereocenters. The van der Waals surface area contributed by atoms with Crippen LogP contribution in [0.25, 0.3) is 0 Å². The summed E-state index contributed by atoms with van der Waals surface area (Å²) in [6.07, 6.45) is 0. The van der Waals surface area contributed by atoms with Crippen molar-refractivity contribution in [2.45, 2.75) is 32.4 Å². The molecule has 0 aliphatic rings. The first kappa shape index (κ1) is 18.1. The number of carboxylic acid groups (broad SMARTS) is 1. The van der Waals surface area contributed by atoms with E-state index in [0.717, 1.165) is 11.3 Å². The minimum atomic E-state index is -0.833. The predicted molar refractivity (Wildman–Crippen MR) is 95.7 cm³/mol. The number of carboxylic acids is 1. The first-order valence-corrected chi connectivity index (χ1v) is 8.82. The fourth-order valence-electron chi connectivity index (χ4n) is 2.21. The summed E-state index contributed by atoms with van der Waals surface area (Å²) in [5.41, 5.74) is 2.18. The molecule has 1 amide bonds. The lowest BCUT2D eigenvalue weighted by Gasteiger charge is -2.07. The standard InChI is InChI=1S/C18H21NO4S/c1-11(2)16-8-15(12(3)23-16)18(22)19-14-6-4-5-13(7-14)9-24-10-17(20)21/h4-8,11H,9-10H2,1-3H3,(H,19,22)(H,20,21). The third kappa shape index (κ3) is 4.89. The molecule has 0 spiro atoms. The molecule has 6 heteroatoms. The SMILES string of the molecule is Cc1oc(C(C)C)cc1C(=O)Nc1cccc(CSCC(=O)O)c1. The van der Waals surface area contributed by atoms with Crippen molar-refractivity contribution in [2.75, 3.05) is 11.1 Å². The number of anilines is 1. The van der Waals surface area contributed by atoms with Crippen molar-refractivity contribution in [3.8, 4) is 0 Å². The number of benzene rings is 1. The maximum atomic E-state index is 12.4. The Balaban J connectivity index is 2.05. The van der Waals surface area contributed by atoms with Crippen LogP contribution in [-0.2, 0) is 10.5 Å². The molecule has 128 valence electrons. The van der Waals surface area contributed by atoms with Crippen LogP contribution in [0.3, 0.4) is 0 Å². The number of rotatable bonds is 7. The second kappa shape index (κ2) is 8.06. The Morgan fingerprint density at radius 2 is 2.04 bits per heavy atom. The van der Waals surface area contributed by atoms with E-state index >= 15 is 0 Å². The quantitative estimate of drug-likeness (QED) is 0.781. The van der Waals surface area contributed by atoms with Crippen molar-refractivity contribution in [1.82, 2.24) is 0 Å². The molecule has 2 N–H and O–H groups in total. The van der Waals surface area contributed by atoms with Crippen LogP contribution < -0.4 is 5.32 Å². The Bertz CT molecular complexity index is 736. The number of hydrogen-bond donors (Lipinski definition) is 2. The molecule has 0 fully saturated rings. The second-order valence-electron chi connectivity index (χ2n) is 5.81. The summed E-state index contributed by atoms with van der Waals surface area (Å²) in [5, 5.41) is 11.5. The summed E-state index contributed by atoms with van der Waals surface area (Å²) in [7, 11) is 0. The minimum absolute atomic E-state index is 0.0583. The molecule has 2 rings (SSSR count). The topological polar surface area (TPSA) is 79.5 Å². The van der Waals surface area contributed by atoms with Gasteiger partial charge in [0.25, 0.3) is 5.91 Å². The van der Waals surface area contributed by atoms with Gasteiger partial charge in [0.2, 0.25) is 0 Å². The van der Waals surface area contributed by atoms with Crippen molar-refractivity contribution < 1.29 is 19.1 Å². The molecule has 0 aliphatic carbocycles.